The predicted molar refractivity (Wildman–Crippen MR) is 133 cm³/mol. The van der Waals surface area contributed by atoms with Crippen molar-refractivity contribution < 1.29 is 9.53 Å². The molecule has 0 aliphatic carbocycles. The van der Waals surface area contributed by atoms with Crippen LogP contribution in [0, 0.1) is 6.92 Å². The van der Waals surface area contributed by atoms with Crippen LogP contribution in [0.2, 0.25) is 0 Å². The number of nitrogens with one attached hydrogen (secondary N) is 1. The lowest BCUT2D eigenvalue weighted by Gasteiger charge is -2.15. The molecule has 4 rings (SSSR count). The van der Waals surface area contributed by atoms with Gasteiger partial charge in [-0.25, -0.2) is 4.98 Å². The molecule has 6 nitrogen and oxygen atoms in total. The van der Waals surface area contributed by atoms with E-state index < -0.39 is 6.04 Å². The number of rotatable bonds is 6. The smallest absolute Gasteiger partial charge is 0.263 e. The Morgan fingerprint density at radius 3 is 2.53 bits per heavy atom. The van der Waals surface area contributed by atoms with Gasteiger partial charge in [-0.05, 0) is 62.7 Å². The predicted octanol–water partition coefficient (Wildman–Crippen LogP) is 5.79. The quantitative estimate of drug-likeness (QED) is 0.355. The van der Waals surface area contributed by atoms with Gasteiger partial charge in [0.15, 0.2) is 0 Å². The van der Waals surface area contributed by atoms with E-state index in [1.165, 1.54) is 22.2 Å². The fourth-order valence-corrected chi connectivity index (χ4v) is 4.80. The van der Waals surface area contributed by atoms with Crippen LogP contribution in [0.25, 0.3) is 21.3 Å². The van der Waals surface area contributed by atoms with E-state index in [0.29, 0.717) is 22.5 Å². The van der Waals surface area contributed by atoms with Crippen LogP contribution in [0.4, 0.5) is 5.69 Å². The molecule has 0 radical (unpaired) electrons. The molecule has 0 spiro atoms. The zero-order valence-electron chi connectivity index (χ0n) is 17.9. The van der Waals surface area contributed by atoms with Crippen molar-refractivity contribution in [3.63, 3.8) is 0 Å². The fraction of sp³-hybridized carbons (Fsp3) is 0.208. The number of amides is 1. The van der Waals surface area contributed by atoms with E-state index in [0.717, 1.165) is 26.2 Å². The molecule has 1 atom stereocenters. The second-order valence-corrected chi connectivity index (χ2v) is 9.42. The summed E-state index contributed by atoms with van der Waals surface area (Å²) in [4.78, 5) is 32.5. The molecule has 32 heavy (non-hydrogen) atoms. The lowest BCUT2D eigenvalue weighted by atomic mass is 10.0. The third-order valence-corrected chi connectivity index (χ3v) is 6.72. The monoisotopic (exact) mass is 511 g/mol. The molecule has 0 aliphatic heterocycles. The average Bonchev–Trinajstić information content (AvgIpc) is 3.12. The Balaban J connectivity index is 1.67. The van der Waals surface area contributed by atoms with Crippen LogP contribution < -0.4 is 15.6 Å². The minimum atomic E-state index is -0.732. The van der Waals surface area contributed by atoms with Gasteiger partial charge in [-0.2, -0.15) is 0 Å². The van der Waals surface area contributed by atoms with E-state index in [1.54, 1.807) is 31.2 Å². The molecule has 0 aliphatic rings. The number of carbonyl (C=O) groups is 1. The Morgan fingerprint density at radius 1 is 1.19 bits per heavy atom. The van der Waals surface area contributed by atoms with Gasteiger partial charge >= 0.3 is 0 Å². The van der Waals surface area contributed by atoms with Gasteiger partial charge in [0.2, 0.25) is 5.91 Å². The lowest BCUT2D eigenvalue weighted by Crippen LogP contribution is -2.31. The van der Waals surface area contributed by atoms with E-state index in [9.17, 15) is 9.59 Å². The molecular weight excluding hydrogens is 490 g/mol. The maximum Gasteiger partial charge on any atom is 0.263 e. The van der Waals surface area contributed by atoms with E-state index >= 15 is 0 Å². The topological polar surface area (TPSA) is 73.2 Å². The molecule has 2 heterocycles. The zero-order valence-corrected chi connectivity index (χ0v) is 20.3. The minimum Gasteiger partial charge on any atom is -0.494 e. The van der Waals surface area contributed by atoms with Crippen LogP contribution in [0.3, 0.4) is 0 Å². The average molecular weight is 512 g/mol. The second-order valence-electron chi connectivity index (χ2n) is 7.30. The maximum atomic E-state index is 13.4. The number of thiophene rings is 1. The first-order valence-electron chi connectivity index (χ1n) is 10.2. The van der Waals surface area contributed by atoms with Gasteiger partial charge in [-0.1, -0.05) is 28.1 Å². The SMILES string of the molecule is CCOc1ccc(NC(=O)C(C)n2cnc3sc(C)c(-c4ccc(Br)cc4)c3c2=O)cc1. The van der Waals surface area contributed by atoms with E-state index in [-0.39, 0.29) is 11.5 Å². The van der Waals surface area contributed by atoms with Crippen LogP contribution in [0.15, 0.2) is 64.1 Å². The van der Waals surface area contributed by atoms with Gasteiger partial charge in [0.25, 0.3) is 5.56 Å². The summed E-state index contributed by atoms with van der Waals surface area (Å²) >= 11 is 4.93. The maximum absolute atomic E-state index is 13.4. The molecule has 1 unspecified atom stereocenters. The van der Waals surface area contributed by atoms with Crippen molar-refractivity contribution in [2.75, 3.05) is 11.9 Å². The summed E-state index contributed by atoms with van der Waals surface area (Å²) in [6.07, 6.45) is 1.45. The number of benzene rings is 2. The number of nitrogens with zero attached hydrogens (tertiary/aromatic N) is 2. The molecule has 164 valence electrons. The summed E-state index contributed by atoms with van der Waals surface area (Å²) in [6, 6.07) is 14.2. The summed E-state index contributed by atoms with van der Waals surface area (Å²) in [5.74, 6) is 0.437. The van der Waals surface area contributed by atoms with Crippen molar-refractivity contribution in [2.45, 2.75) is 26.8 Å². The van der Waals surface area contributed by atoms with Crippen molar-refractivity contribution in [3.8, 4) is 16.9 Å². The zero-order chi connectivity index (χ0) is 22.8. The Labute approximate surface area is 198 Å². The molecule has 8 heteroatoms. The van der Waals surface area contributed by atoms with Crippen LogP contribution in [0.5, 0.6) is 5.75 Å². The summed E-state index contributed by atoms with van der Waals surface area (Å²) in [6.45, 7) is 6.16. The highest BCUT2D eigenvalue weighted by atomic mass is 79.9. The van der Waals surface area contributed by atoms with Crippen molar-refractivity contribution in [1.29, 1.82) is 0 Å². The van der Waals surface area contributed by atoms with Gasteiger partial charge in [-0.15, -0.1) is 11.3 Å². The van der Waals surface area contributed by atoms with Gasteiger partial charge in [0.1, 0.15) is 16.6 Å². The number of aromatic nitrogens is 2. The van der Waals surface area contributed by atoms with Crippen LogP contribution in [-0.4, -0.2) is 22.1 Å². The van der Waals surface area contributed by atoms with Crippen LogP contribution >= 0.6 is 27.3 Å². The van der Waals surface area contributed by atoms with Crippen molar-refractivity contribution in [1.82, 2.24) is 9.55 Å². The first-order valence-corrected chi connectivity index (χ1v) is 11.8. The van der Waals surface area contributed by atoms with Crippen LogP contribution in [-0.2, 0) is 4.79 Å². The Bertz CT molecular complexity index is 1330. The molecule has 0 saturated carbocycles. The highest BCUT2D eigenvalue weighted by molar-refractivity contribution is 9.10. The molecule has 0 saturated heterocycles. The molecule has 0 bridgehead atoms. The molecule has 1 amide bonds. The van der Waals surface area contributed by atoms with Gasteiger partial charge < -0.3 is 10.1 Å². The Kier molecular flexibility index (Phi) is 6.43. The third-order valence-electron chi connectivity index (χ3n) is 5.18. The van der Waals surface area contributed by atoms with E-state index in [4.69, 9.17) is 4.74 Å². The van der Waals surface area contributed by atoms with Gasteiger partial charge in [0.05, 0.1) is 18.3 Å². The first-order chi connectivity index (χ1) is 15.4. The fourth-order valence-electron chi connectivity index (χ4n) is 3.53. The number of anilines is 1. The van der Waals surface area contributed by atoms with E-state index in [1.807, 2.05) is 38.1 Å². The standard InChI is InChI=1S/C24H22BrN3O3S/c1-4-31-19-11-9-18(10-12-19)27-22(29)14(2)28-13-26-23-21(24(28)30)20(15(3)32-23)16-5-7-17(25)8-6-16/h5-14H,4H2,1-3H3,(H,27,29). The van der Waals surface area contributed by atoms with Crippen molar-refractivity contribution in [2.24, 2.45) is 0 Å². The number of halogens is 1. The number of aryl methyl sites for hydroxylation is 1. The normalized spacial score (nSPS) is 12.0. The Hall–Kier alpha value is -2.97. The number of hydrogen-bond acceptors (Lipinski definition) is 5. The van der Waals surface area contributed by atoms with Crippen molar-refractivity contribution in [3.05, 3.63) is 74.6 Å². The second kappa shape index (κ2) is 9.26. The van der Waals surface area contributed by atoms with Crippen LogP contribution in [0.1, 0.15) is 24.8 Å². The largest absolute Gasteiger partial charge is 0.494 e. The highest BCUT2D eigenvalue weighted by Gasteiger charge is 2.22. The summed E-state index contributed by atoms with van der Waals surface area (Å²) in [5.41, 5.74) is 2.21. The lowest BCUT2D eigenvalue weighted by molar-refractivity contribution is -0.118. The number of hydrogen-bond donors (Lipinski definition) is 1. The van der Waals surface area contributed by atoms with Crippen molar-refractivity contribution >= 4 is 49.1 Å². The summed E-state index contributed by atoms with van der Waals surface area (Å²) in [7, 11) is 0. The summed E-state index contributed by atoms with van der Waals surface area (Å²) in [5, 5.41) is 3.40. The third kappa shape index (κ3) is 4.33. The molecule has 2 aromatic heterocycles. The molecule has 4 aromatic rings. The number of fused-ring (bicyclic) bond motifs is 1. The minimum absolute atomic E-state index is 0.230. The number of carbonyl (C=O) groups excluding carboxylic acids is 1. The molecule has 2 aromatic carbocycles. The summed E-state index contributed by atoms with van der Waals surface area (Å²) < 4.78 is 7.78. The van der Waals surface area contributed by atoms with E-state index in [2.05, 4.69) is 26.2 Å². The van der Waals surface area contributed by atoms with Gasteiger partial charge in [0, 0.05) is 20.6 Å². The Morgan fingerprint density at radius 2 is 1.88 bits per heavy atom. The van der Waals surface area contributed by atoms with Gasteiger partial charge in [-0.3, -0.25) is 14.2 Å². The first kappa shape index (κ1) is 22.2. The molecule has 1 N–H and O–H groups in total. The number of ether oxygens (including phenoxy) is 1. The molecular formula is C24H22BrN3O3S. The highest BCUT2D eigenvalue weighted by Crippen LogP contribution is 2.36. The molecule has 0 fully saturated rings.